The number of allylic oxidation sites excluding steroid dienone is 1. The molecule has 5 heterocycles. The Hall–Kier alpha value is -4.67. The number of halogens is 3. The Labute approximate surface area is 329 Å². The van der Waals surface area contributed by atoms with E-state index < -0.39 is 39.8 Å². The maximum Gasteiger partial charge on any atom is 0.408 e. The molecule has 1 saturated carbocycles. The van der Waals surface area contributed by atoms with E-state index in [0.29, 0.717) is 48.3 Å². The molecule has 2 aromatic heterocycles. The number of nitrogens with one attached hydrogen (secondary N) is 1. The van der Waals surface area contributed by atoms with E-state index in [1.165, 1.54) is 27.2 Å². The molecule has 1 aliphatic carbocycles. The van der Waals surface area contributed by atoms with E-state index >= 15 is 0 Å². The minimum Gasteiger partial charge on any atom is -0.497 e. The third kappa shape index (κ3) is 7.24. The molecule has 8 rings (SSSR count). The Morgan fingerprint density at radius 2 is 1.72 bits per heavy atom. The number of piperazine rings is 1. The lowest BCUT2D eigenvalue weighted by Crippen LogP contribution is -2.62. The van der Waals surface area contributed by atoms with E-state index in [9.17, 15) is 36.4 Å². The van der Waals surface area contributed by atoms with Gasteiger partial charge in [0, 0.05) is 22.0 Å². The van der Waals surface area contributed by atoms with Crippen molar-refractivity contribution in [1.82, 2.24) is 24.0 Å². The van der Waals surface area contributed by atoms with Gasteiger partial charge in [0.15, 0.2) is 0 Å². The van der Waals surface area contributed by atoms with Gasteiger partial charge in [-0.3, -0.25) is 14.3 Å². The molecule has 2 bridgehead atoms. The Morgan fingerprint density at radius 1 is 1.02 bits per heavy atom. The maximum absolute atomic E-state index is 14.7. The number of methoxy groups -OCH3 is 1. The van der Waals surface area contributed by atoms with Crippen LogP contribution >= 0.6 is 0 Å². The third-order valence-electron chi connectivity index (χ3n) is 12.2. The minimum atomic E-state index is -4.66. The Bertz CT molecular complexity index is 2390. The standard InChI is InChI=1S/C41H47F3N6O6S/c1-24(2)57(54,55)46-39(51)26-10-14-33-35(18-26)47-20-28(16-27-17-31(56-4)13-15-32(27)38(47)36(33)25-8-6-5-7-9-25)37-34(19-45-48(37)23-41(42,43)44)40(52)49-29-11-12-30(49)22-50(3,53)21-29/h10,13-19,24-25,29-30,53H,5-9,11-12,20-23H2,1-4H3/p+1/t29-,30+,50?. The van der Waals surface area contributed by atoms with Crippen LogP contribution in [0.4, 0.5) is 13.2 Å². The van der Waals surface area contributed by atoms with E-state index in [2.05, 4.69) is 9.82 Å². The summed E-state index contributed by atoms with van der Waals surface area (Å²) in [5.74, 6) is -0.547. The van der Waals surface area contributed by atoms with Gasteiger partial charge < -0.3 is 14.2 Å². The molecule has 1 unspecified atom stereocenters. The zero-order valence-corrected chi connectivity index (χ0v) is 33.3. The van der Waals surface area contributed by atoms with Crippen LogP contribution in [-0.2, 0) is 23.1 Å². The van der Waals surface area contributed by atoms with Crippen molar-refractivity contribution in [2.24, 2.45) is 0 Å². The summed E-state index contributed by atoms with van der Waals surface area (Å²) in [7, 11) is -0.716. The van der Waals surface area contributed by atoms with Crippen molar-refractivity contribution >= 4 is 44.4 Å². The van der Waals surface area contributed by atoms with Crippen LogP contribution in [0.15, 0.2) is 42.6 Å². The normalized spacial score (nSPS) is 22.6. The number of nitrogens with zero attached hydrogens (tertiary/aromatic N) is 5. The fourth-order valence-electron chi connectivity index (χ4n) is 9.58. The second kappa shape index (κ2) is 14.3. The predicted molar refractivity (Wildman–Crippen MR) is 208 cm³/mol. The summed E-state index contributed by atoms with van der Waals surface area (Å²) in [6, 6.07) is 10.1. The van der Waals surface area contributed by atoms with Crippen molar-refractivity contribution in [3.63, 3.8) is 0 Å². The first-order valence-electron chi connectivity index (χ1n) is 19.6. The number of hydrogen-bond acceptors (Lipinski definition) is 7. The lowest BCUT2D eigenvalue weighted by molar-refractivity contribution is -1.09. The number of likely N-dealkylation sites (N-methyl/N-ethyl adjacent to an activating group) is 1. The lowest BCUT2D eigenvalue weighted by atomic mass is 9.81. The predicted octanol–water partition coefficient (Wildman–Crippen LogP) is 6.97. The van der Waals surface area contributed by atoms with E-state index in [1.54, 1.807) is 30.2 Å². The first-order chi connectivity index (χ1) is 26.9. The van der Waals surface area contributed by atoms with Crippen LogP contribution in [-0.4, -0.2) is 100 Å². The van der Waals surface area contributed by atoms with Gasteiger partial charge in [0.05, 0.1) is 61.2 Å². The summed E-state index contributed by atoms with van der Waals surface area (Å²) in [6.45, 7) is 2.14. The zero-order valence-electron chi connectivity index (χ0n) is 32.5. The summed E-state index contributed by atoms with van der Waals surface area (Å²) in [6.07, 6.45) is 4.72. The molecule has 2 N–H and O–H groups in total. The monoisotopic (exact) mass is 809 g/mol. The molecule has 4 aromatic rings. The van der Waals surface area contributed by atoms with Gasteiger partial charge >= 0.3 is 6.18 Å². The number of aromatic nitrogens is 3. The number of quaternary nitrogens is 1. The van der Waals surface area contributed by atoms with Crippen molar-refractivity contribution in [3.8, 4) is 17.0 Å². The Morgan fingerprint density at radius 3 is 2.37 bits per heavy atom. The first kappa shape index (κ1) is 39.2. The highest BCUT2D eigenvalue weighted by molar-refractivity contribution is 7.90. The molecule has 16 heteroatoms. The average Bonchev–Trinajstić information content (AvgIpc) is 3.75. The molecule has 3 fully saturated rings. The van der Waals surface area contributed by atoms with Gasteiger partial charge in [-0.05, 0) is 98.6 Å². The summed E-state index contributed by atoms with van der Waals surface area (Å²) < 4.78 is 78.9. The molecule has 12 nitrogen and oxygen atoms in total. The van der Waals surface area contributed by atoms with Crippen LogP contribution in [0.1, 0.15) is 102 Å². The van der Waals surface area contributed by atoms with Gasteiger partial charge in [0.25, 0.3) is 11.8 Å². The first-order valence-corrected chi connectivity index (χ1v) is 21.1. The largest absolute Gasteiger partial charge is 0.497 e. The molecule has 57 heavy (non-hydrogen) atoms. The van der Waals surface area contributed by atoms with Gasteiger partial charge in [-0.2, -0.15) is 22.9 Å². The SMILES string of the molecule is COc1ccc2c(c1)C=C(c1c(C(=O)N3[C@@H]4CC[C@H]3C[N+](C)(O)C4)cnn1CC(F)(F)F)Cn1c-2c(C2CCCCC2)c2ccc(C(=O)NS(=O)(=O)C(C)C)cc21. The molecule has 3 atom stereocenters. The van der Waals surface area contributed by atoms with Crippen LogP contribution in [0.25, 0.3) is 33.8 Å². The van der Waals surface area contributed by atoms with E-state index in [4.69, 9.17) is 4.74 Å². The minimum absolute atomic E-state index is 0.00714. The van der Waals surface area contributed by atoms with Crippen molar-refractivity contribution in [2.45, 2.75) is 101 Å². The molecular formula is C41H48F3N6O6S+. The number of fused-ring (bicyclic) bond motifs is 7. The summed E-state index contributed by atoms with van der Waals surface area (Å²) in [5.41, 5.74) is 4.56. The number of benzene rings is 2. The number of ether oxygens (including phenoxy) is 1. The van der Waals surface area contributed by atoms with Crippen LogP contribution < -0.4 is 9.46 Å². The zero-order chi connectivity index (χ0) is 40.6. The highest BCUT2D eigenvalue weighted by atomic mass is 32.2. The summed E-state index contributed by atoms with van der Waals surface area (Å²) in [4.78, 5) is 29.9. The van der Waals surface area contributed by atoms with Gasteiger partial charge in [0.2, 0.25) is 10.0 Å². The number of hydroxylamine groups is 3. The van der Waals surface area contributed by atoms with Crippen LogP contribution in [0.2, 0.25) is 0 Å². The smallest absolute Gasteiger partial charge is 0.408 e. The van der Waals surface area contributed by atoms with E-state index in [0.717, 1.165) is 59.0 Å². The number of alkyl halides is 3. The maximum atomic E-state index is 14.7. The fraction of sp³-hybridized carbons (Fsp3) is 0.488. The van der Waals surface area contributed by atoms with E-state index in [1.807, 2.05) is 28.8 Å². The van der Waals surface area contributed by atoms with Gasteiger partial charge in [-0.15, -0.1) is 0 Å². The van der Waals surface area contributed by atoms with Gasteiger partial charge in [-0.25, -0.2) is 18.3 Å². The molecule has 3 aliphatic heterocycles. The fourth-order valence-corrected chi connectivity index (χ4v) is 10.2. The quantitative estimate of drug-likeness (QED) is 0.184. The highest BCUT2D eigenvalue weighted by Gasteiger charge is 2.50. The molecule has 2 amide bonds. The molecule has 304 valence electrons. The van der Waals surface area contributed by atoms with Crippen molar-refractivity contribution < 1.29 is 45.8 Å². The number of hydrogen-bond donors (Lipinski definition) is 2. The molecular weight excluding hydrogens is 762 g/mol. The van der Waals surface area contributed by atoms with Crippen molar-refractivity contribution in [1.29, 1.82) is 0 Å². The molecule has 0 radical (unpaired) electrons. The molecule has 2 aromatic carbocycles. The van der Waals surface area contributed by atoms with Crippen molar-refractivity contribution in [3.05, 3.63) is 70.5 Å². The second-order valence-electron chi connectivity index (χ2n) is 16.5. The van der Waals surface area contributed by atoms with Gasteiger partial charge in [-0.1, -0.05) is 25.3 Å². The molecule has 2 saturated heterocycles. The topological polar surface area (TPSA) is 136 Å². The molecule has 0 spiro atoms. The van der Waals surface area contributed by atoms with Crippen LogP contribution in [0, 0.1) is 0 Å². The lowest BCUT2D eigenvalue weighted by Gasteiger charge is -2.41. The number of rotatable bonds is 8. The number of carbonyl (C=O) groups excluding carboxylic acids is 2. The number of amides is 2. The summed E-state index contributed by atoms with van der Waals surface area (Å²) in [5, 5.41) is 15.1. The van der Waals surface area contributed by atoms with E-state index in [-0.39, 0.29) is 46.0 Å². The second-order valence-corrected chi connectivity index (χ2v) is 18.8. The van der Waals surface area contributed by atoms with Crippen LogP contribution in [0.3, 0.4) is 0 Å². The van der Waals surface area contributed by atoms with Gasteiger partial charge in [0.1, 0.15) is 25.4 Å². The number of sulfonamides is 1. The van der Waals surface area contributed by atoms with Crippen molar-refractivity contribution in [2.75, 3.05) is 27.2 Å². The summed E-state index contributed by atoms with van der Waals surface area (Å²) >= 11 is 0. The Kier molecular flexibility index (Phi) is 9.83. The number of carbonyl (C=O) groups is 2. The number of likely N-dealkylation sites (tertiary alicyclic amines) is 1. The molecule has 4 aliphatic rings. The Balaban J connectivity index is 1.35. The average molecular weight is 810 g/mol. The third-order valence-corrected chi connectivity index (χ3v) is 13.9. The highest BCUT2D eigenvalue weighted by Crippen LogP contribution is 2.48. The van der Waals surface area contributed by atoms with Crippen LogP contribution in [0.5, 0.6) is 5.75 Å².